The maximum Gasteiger partial charge on any atom is 0.338 e. The molecule has 1 aliphatic heterocycles. The Morgan fingerprint density at radius 2 is 2.39 bits per heavy atom. The second kappa shape index (κ2) is 5.93. The highest BCUT2D eigenvalue weighted by atomic mass is 19.1. The van der Waals surface area contributed by atoms with Crippen molar-refractivity contribution in [2.45, 2.75) is 25.6 Å². The Morgan fingerprint density at radius 3 is 3.06 bits per heavy atom. The summed E-state index contributed by atoms with van der Waals surface area (Å²) in [7, 11) is 0. The molecule has 1 aromatic rings. The zero-order chi connectivity index (χ0) is 13.0. The lowest BCUT2D eigenvalue weighted by molar-refractivity contribution is 0.0105. The van der Waals surface area contributed by atoms with Crippen LogP contribution < -0.4 is 0 Å². The zero-order valence-corrected chi connectivity index (χ0v) is 9.89. The maximum absolute atomic E-state index is 13.1. The largest absolute Gasteiger partial charge is 0.478 e. The lowest BCUT2D eigenvalue weighted by Gasteiger charge is -2.10. The first-order valence-electron chi connectivity index (χ1n) is 5.88. The van der Waals surface area contributed by atoms with Gasteiger partial charge in [-0.05, 0) is 30.5 Å². The van der Waals surface area contributed by atoms with Crippen molar-refractivity contribution in [2.75, 3.05) is 13.2 Å². The molecule has 5 heteroatoms. The number of hydrogen-bond acceptors (Lipinski definition) is 3. The molecule has 18 heavy (non-hydrogen) atoms. The number of rotatable bonds is 5. The molecule has 98 valence electrons. The average Bonchev–Trinajstić information content (AvgIpc) is 2.84. The average molecular weight is 254 g/mol. The third kappa shape index (κ3) is 3.27. The van der Waals surface area contributed by atoms with Crippen molar-refractivity contribution >= 4 is 5.97 Å². The summed E-state index contributed by atoms with van der Waals surface area (Å²) >= 11 is 0. The molecule has 2 rings (SSSR count). The van der Waals surface area contributed by atoms with E-state index in [9.17, 15) is 9.18 Å². The van der Waals surface area contributed by atoms with Crippen molar-refractivity contribution in [1.82, 2.24) is 0 Å². The standard InChI is InChI=1S/C13H15FO4/c14-12-4-3-9(6-11(12)13(15)16)7-17-8-10-2-1-5-18-10/h3-4,6,10H,1-2,5,7-8H2,(H,15,16). The summed E-state index contributed by atoms with van der Waals surface area (Å²) in [6.45, 7) is 1.52. The maximum atomic E-state index is 13.1. The lowest BCUT2D eigenvalue weighted by Crippen LogP contribution is -2.14. The molecular formula is C13H15FO4. The Morgan fingerprint density at radius 1 is 1.56 bits per heavy atom. The van der Waals surface area contributed by atoms with E-state index in [0.717, 1.165) is 25.5 Å². The quantitative estimate of drug-likeness (QED) is 0.875. The minimum atomic E-state index is -1.27. The highest BCUT2D eigenvalue weighted by Crippen LogP contribution is 2.14. The molecule has 1 unspecified atom stereocenters. The second-order valence-electron chi connectivity index (χ2n) is 4.27. The topological polar surface area (TPSA) is 55.8 Å². The number of aromatic carboxylic acids is 1. The molecule has 1 atom stereocenters. The number of benzene rings is 1. The molecule has 1 aliphatic rings. The summed E-state index contributed by atoms with van der Waals surface area (Å²) in [5, 5.41) is 8.79. The molecule has 1 saturated heterocycles. The van der Waals surface area contributed by atoms with Gasteiger partial charge in [0.1, 0.15) is 5.82 Å². The van der Waals surface area contributed by atoms with E-state index in [0.29, 0.717) is 12.2 Å². The predicted molar refractivity (Wildman–Crippen MR) is 62.0 cm³/mol. The van der Waals surface area contributed by atoms with Gasteiger partial charge in [-0.1, -0.05) is 6.07 Å². The second-order valence-corrected chi connectivity index (χ2v) is 4.27. The third-order valence-electron chi connectivity index (χ3n) is 2.86. The molecule has 4 nitrogen and oxygen atoms in total. The molecule has 1 aromatic carbocycles. The molecule has 0 aromatic heterocycles. The summed E-state index contributed by atoms with van der Waals surface area (Å²) in [4.78, 5) is 10.8. The first kappa shape index (κ1) is 13.0. The SMILES string of the molecule is O=C(O)c1cc(COCC2CCCO2)ccc1F. The van der Waals surface area contributed by atoms with E-state index in [1.54, 1.807) is 0 Å². The van der Waals surface area contributed by atoms with Crippen molar-refractivity contribution < 1.29 is 23.8 Å². The molecule has 1 fully saturated rings. The van der Waals surface area contributed by atoms with E-state index in [1.807, 2.05) is 0 Å². The first-order chi connectivity index (χ1) is 8.66. The predicted octanol–water partition coefficient (Wildman–Crippen LogP) is 2.22. The minimum absolute atomic E-state index is 0.129. The van der Waals surface area contributed by atoms with Gasteiger partial charge in [-0.2, -0.15) is 0 Å². The number of ether oxygens (including phenoxy) is 2. The fourth-order valence-electron chi connectivity index (χ4n) is 1.91. The van der Waals surface area contributed by atoms with Crippen molar-refractivity contribution in [3.05, 3.63) is 35.1 Å². The van der Waals surface area contributed by atoms with Crippen molar-refractivity contribution in [3.63, 3.8) is 0 Å². The van der Waals surface area contributed by atoms with E-state index in [4.69, 9.17) is 14.6 Å². The van der Waals surface area contributed by atoms with Gasteiger partial charge in [0.25, 0.3) is 0 Å². The lowest BCUT2D eigenvalue weighted by atomic mass is 10.1. The third-order valence-corrected chi connectivity index (χ3v) is 2.86. The number of hydrogen-bond donors (Lipinski definition) is 1. The number of carboxylic acids is 1. The van der Waals surface area contributed by atoms with Crippen LogP contribution in [0.1, 0.15) is 28.8 Å². The molecule has 0 saturated carbocycles. The molecule has 0 amide bonds. The van der Waals surface area contributed by atoms with E-state index < -0.39 is 11.8 Å². The normalized spacial score (nSPS) is 19.1. The van der Waals surface area contributed by atoms with Crippen LogP contribution in [0.25, 0.3) is 0 Å². The summed E-state index contributed by atoms with van der Waals surface area (Å²) in [5.41, 5.74) is 0.319. The fourth-order valence-corrected chi connectivity index (χ4v) is 1.91. The van der Waals surface area contributed by atoms with Gasteiger partial charge in [-0.3, -0.25) is 0 Å². The van der Waals surface area contributed by atoms with Gasteiger partial charge in [-0.15, -0.1) is 0 Å². The Hall–Kier alpha value is -1.46. The Kier molecular flexibility index (Phi) is 4.28. The van der Waals surface area contributed by atoms with Gasteiger partial charge >= 0.3 is 5.97 Å². The van der Waals surface area contributed by atoms with Gasteiger partial charge in [-0.25, -0.2) is 9.18 Å². The molecular weight excluding hydrogens is 239 g/mol. The van der Waals surface area contributed by atoms with Crippen LogP contribution in [0, 0.1) is 5.82 Å². The van der Waals surface area contributed by atoms with Crippen LogP contribution >= 0.6 is 0 Å². The van der Waals surface area contributed by atoms with Crippen LogP contribution in [0.3, 0.4) is 0 Å². The molecule has 1 heterocycles. The smallest absolute Gasteiger partial charge is 0.338 e. The number of carboxylic acid groups (broad SMARTS) is 1. The van der Waals surface area contributed by atoms with Crippen LogP contribution in [0.2, 0.25) is 0 Å². The number of carbonyl (C=O) groups is 1. The van der Waals surface area contributed by atoms with E-state index in [2.05, 4.69) is 0 Å². The highest BCUT2D eigenvalue weighted by molar-refractivity contribution is 5.88. The van der Waals surface area contributed by atoms with Crippen molar-refractivity contribution in [2.24, 2.45) is 0 Å². The molecule has 0 radical (unpaired) electrons. The van der Waals surface area contributed by atoms with Gasteiger partial charge in [0.2, 0.25) is 0 Å². The van der Waals surface area contributed by atoms with Crippen molar-refractivity contribution in [3.8, 4) is 0 Å². The van der Waals surface area contributed by atoms with Crippen LogP contribution in [-0.2, 0) is 16.1 Å². The van der Waals surface area contributed by atoms with E-state index >= 15 is 0 Å². The number of halogens is 1. The molecule has 0 spiro atoms. The van der Waals surface area contributed by atoms with Gasteiger partial charge in [0, 0.05) is 6.61 Å². The van der Waals surface area contributed by atoms with Gasteiger partial charge < -0.3 is 14.6 Å². The summed E-state index contributed by atoms with van der Waals surface area (Å²) < 4.78 is 24.0. The van der Waals surface area contributed by atoms with Crippen LogP contribution in [0.15, 0.2) is 18.2 Å². The molecule has 0 bridgehead atoms. The Balaban J connectivity index is 1.88. The summed E-state index contributed by atoms with van der Waals surface area (Å²) in [6, 6.07) is 3.97. The molecule has 1 N–H and O–H groups in total. The minimum Gasteiger partial charge on any atom is -0.478 e. The van der Waals surface area contributed by atoms with E-state index in [-0.39, 0.29) is 18.3 Å². The highest BCUT2D eigenvalue weighted by Gasteiger charge is 2.15. The monoisotopic (exact) mass is 254 g/mol. The summed E-state index contributed by atoms with van der Waals surface area (Å²) in [5.74, 6) is -2.00. The van der Waals surface area contributed by atoms with Crippen LogP contribution in [0.4, 0.5) is 4.39 Å². The van der Waals surface area contributed by atoms with Gasteiger partial charge in [0.05, 0.1) is 24.9 Å². The zero-order valence-electron chi connectivity index (χ0n) is 9.89. The molecule has 0 aliphatic carbocycles. The Bertz CT molecular complexity index is 427. The first-order valence-corrected chi connectivity index (χ1v) is 5.88. The fraction of sp³-hybridized carbons (Fsp3) is 0.462. The van der Waals surface area contributed by atoms with Crippen molar-refractivity contribution in [1.29, 1.82) is 0 Å². The van der Waals surface area contributed by atoms with Crippen LogP contribution in [-0.4, -0.2) is 30.4 Å². The summed E-state index contributed by atoms with van der Waals surface area (Å²) in [6.07, 6.45) is 2.17. The van der Waals surface area contributed by atoms with E-state index in [1.165, 1.54) is 12.1 Å². The van der Waals surface area contributed by atoms with Crippen LogP contribution in [0.5, 0.6) is 0 Å². The van der Waals surface area contributed by atoms with Gasteiger partial charge in [0.15, 0.2) is 0 Å². The Labute approximate surface area is 104 Å².